The van der Waals surface area contributed by atoms with Crippen LogP contribution in [0.15, 0.2) is 0 Å². The number of nitrogens with zero attached hydrogens (tertiary/aromatic N) is 1. The van der Waals surface area contributed by atoms with E-state index in [1.165, 1.54) is 0 Å². The maximum atomic E-state index is 12.3. The van der Waals surface area contributed by atoms with Crippen molar-refractivity contribution in [3.8, 4) is 6.07 Å². The fourth-order valence-electron chi connectivity index (χ4n) is 2.39. The lowest BCUT2D eigenvalue weighted by Crippen LogP contribution is -2.30. The average Bonchev–Trinajstić information content (AvgIpc) is 2.39. The van der Waals surface area contributed by atoms with Crippen molar-refractivity contribution in [1.82, 2.24) is 0 Å². The molecular formula is C13H24NO4P. The van der Waals surface area contributed by atoms with Crippen molar-refractivity contribution in [3.05, 3.63) is 0 Å². The molecule has 0 aromatic rings. The highest BCUT2D eigenvalue weighted by molar-refractivity contribution is 7.54. The van der Waals surface area contributed by atoms with Gasteiger partial charge in [-0.15, -0.1) is 0 Å². The molecule has 19 heavy (non-hydrogen) atoms. The summed E-state index contributed by atoms with van der Waals surface area (Å²) in [6.45, 7) is 6.82. The molecule has 1 N–H and O–H groups in total. The molecule has 6 heteroatoms. The van der Waals surface area contributed by atoms with E-state index < -0.39 is 13.3 Å². The smallest absolute Gasteiger partial charge is 0.345 e. The lowest BCUT2D eigenvalue weighted by atomic mass is 9.85. The fraction of sp³-hybridized carbons (Fsp3) is 0.923. The minimum Gasteiger partial charge on any atom is -0.381 e. The molecule has 1 aliphatic heterocycles. The van der Waals surface area contributed by atoms with Crippen LogP contribution in [-0.4, -0.2) is 29.9 Å². The van der Waals surface area contributed by atoms with E-state index in [0.29, 0.717) is 19.6 Å². The summed E-state index contributed by atoms with van der Waals surface area (Å²) >= 11 is 0. The predicted octanol–water partition coefficient (Wildman–Crippen LogP) is 2.94. The summed E-state index contributed by atoms with van der Waals surface area (Å²) in [5, 5.41) is 9.25. The maximum Gasteiger partial charge on any atom is 0.345 e. The van der Waals surface area contributed by atoms with Gasteiger partial charge in [0.15, 0.2) is 5.66 Å². The van der Waals surface area contributed by atoms with Gasteiger partial charge in [-0.05, 0) is 38.0 Å². The zero-order chi connectivity index (χ0) is 14.5. The highest BCUT2D eigenvalue weighted by Crippen LogP contribution is 2.53. The summed E-state index contributed by atoms with van der Waals surface area (Å²) in [6.07, 6.45) is 2.01. The molecule has 4 unspecified atom stereocenters. The maximum absolute atomic E-state index is 12.3. The Labute approximate surface area is 115 Å². The lowest BCUT2D eigenvalue weighted by molar-refractivity contribution is 0.0488. The number of ether oxygens (including phenoxy) is 1. The zero-order valence-electron chi connectivity index (χ0n) is 11.9. The molecule has 0 aromatic heterocycles. The molecule has 0 amide bonds. The minimum atomic E-state index is -3.90. The van der Waals surface area contributed by atoms with Gasteiger partial charge in [0.2, 0.25) is 0 Å². The van der Waals surface area contributed by atoms with Crippen LogP contribution in [0.2, 0.25) is 0 Å². The Bertz CT molecular complexity index is 362. The Morgan fingerprint density at radius 3 is 2.53 bits per heavy atom. The van der Waals surface area contributed by atoms with E-state index >= 15 is 0 Å². The summed E-state index contributed by atoms with van der Waals surface area (Å²) < 4.78 is 22.8. The van der Waals surface area contributed by atoms with Crippen LogP contribution in [0, 0.1) is 23.2 Å². The highest BCUT2D eigenvalue weighted by Gasteiger charge is 2.41. The van der Waals surface area contributed by atoms with Gasteiger partial charge in [0, 0.05) is 13.2 Å². The van der Waals surface area contributed by atoms with Crippen molar-refractivity contribution in [3.63, 3.8) is 0 Å². The molecule has 0 radical (unpaired) electrons. The topological polar surface area (TPSA) is 79.5 Å². The molecule has 110 valence electrons. The largest absolute Gasteiger partial charge is 0.381 e. The van der Waals surface area contributed by atoms with Crippen LogP contribution in [0.3, 0.4) is 0 Å². The first-order valence-corrected chi connectivity index (χ1v) is 8.55. The second-order valence-corrected chi connectivity index (χ2v) is 7.17. The van der Waals surface area contributed by atoms with Crippen LogP contribution < -0.4 is 0 Å². The normalized spacial score (nSPS) is 25.0. The Kier molecular flexibility index (Phi) is 6.49. The van der Waals surface area contributed by atoms with Gasteiger partial charge >= 0.3 is 7.60 Å². The first-order valence-electron chi connectivity index (χ1n) is 6.90. The van der Waals surface area contributed by atoms with Crippen LogP contribution in [0.4, 0.5) is 0 Å². The summed E-state index contributed by atoms with van der Waals surface area (Å²) in [7, 11) is -3.90. The summed E-state index contributed by atoms with van der Waals surface area (Å²) in [5.41, 5.74) is -0.954. The van der Waals surface area contributed by atoms with Crippen molar-refractivity contribution in [1.29, 1.82) is 5.26 Å². The second-order valence-electron chi connectivity index (χ2n) is 5.27. The zero-order valence-corrected chi connectivity index (χ0v) is 12.8. The first-order chi connectivity index (χ1) is 8.92. The quantitative estimate of drug-likeness (QED) is 0.760. The third-order valence-corrected chi connectivity index (χ3v) is 5.85. The van der Waals surface area contributed by atoms with E-state index in [-0.39, 0.29) is 17.9 Å². The van der Waals surface area contributed by atoms with Gasteiger partial charge in [0.25, 0.3) is 0 Å². The molecule has 1 heterocycles. The van der Waals surface area contributed by atoms with Gasteiger partial charge in [-0.2, -0.15) is 5.26 Å². The number of nitriles is 1. The van der Waals surface area contributed by atoms with E-state index in [1.807, 2.05) is 19.9 Å². The van der Waals surface area contributed by atoms with Gasteiger partial charge in [0.05, 0.1) is 12.2 Å². The van der Waals surface area contributed by atoms with Crippen molar-refractivity contribution < 1.29 is 18.7 Å². The van der Waals surface area contributed by atoms with Crippen molar-refractivity contribution in [2.24, 2.45) is 11.8 Å². The van der Waals surface area contributed by atoms with Gasteiger partial charge in [0.1, 0.15) is 0 Å². The lowest BCUT2D eigenvalue weighted by Gasteiger charge is -2.32. The third kappa shape index (κ3) is 4.57. The van der Waals surface area contributed by atoms with Crippen molar-refractivity contribution in [2.45, 2.75) is 51.8 Å². The summed E-state index contributed by atoms with van der Waals surface area (Å²) in [5.74, 6) is 0.0909. The Balaban J connectivity index is 2.75. The standard InChI is InChI=1S/C13H24NO4P/c1-4-10(2)18-19(15,16)13(9-14)11(3)12-5-7-17-8-6-12/h10-13H,4-8H2,1-3H3,(H,15,16). The molecule has 1 aliphatic rings. The van der Waals surface area contributed by atoms with E-state index in [1.54, 1.807) is 6.92 Å². The molecule has 1 fully saturated rings. The molecule has 0 bridgehead atoms. The van der Waals surface area contributed by atoms with Gasteiger partial charge < -0.3 is 14.2 Å². The summed E-state index contributed by atoms with van der Waals surface area (Å²) in [6, 6.07) is 1.99. The Morgan fingerprint density at radius 2 is 2.05 bits per heavy atom. The van der Waals surface area contributed by atoms with Gasteiger partial charge in [-0.25, -0.2) is 0 Å². The number of rotatable bonds is 6. The predicted molar refractivity (Wildman–Crippen MR) is 72.8 cm³/mol. The molecular weight excluding hydrogens is 265 g/mol. The molecule has 4 atom stereocenters. The van der Waals surface area contributed by atoms with E-state index in [2.05, 4.69) is 0 Å². The van der Waals surface area contributed by atoms with Crippen molar-refractivity contribution >= 4 is 7.60 Å². The van der Waals surface area contributed by atoms with Crippen molar-refractivity contribution in [2.75, 3.05) is 13.2 Å². The number of hydrogen-bond donors (Lipinski definition) is 1. The van der Waals surface area contributed by atoms with E-state index in [4.69, 9.17) is 9.26 Å². The van der Waals surface area contributed by atoms with Gasteiger partial charge in [-0.3, -0.25) is 4.57 Å². The molecule has 0 aliphatic carbocycles. The second kappa shape index (κ2) is 7.40. The monoisotopic (exact) mass is 289 g/mol. The molecule has 1 saturated heterocycles. The Hall–Kier alpha value is -0.400. The Morgan fingerprint density at radius 1 is 1.47 bits per heavy atom. The molecule has 5 nitrogen and oxygen atoms in total. The van der Waals surface area contributed by atoms with Gasteiger partial charge in [-0.1, -0.05) is 13.8 Å². The number of hydrogen-bond acceptors (Lipinski definition) is 4. The SMILES string of the molecule is CCC(C)OP(=O)(O)C(C#N)C(C)C1CCOCC1. The van der Waals surface area contributed by atoms with E-state index in [9.17, 15) is 14.7 Å². The average molecular weight is 289 g/mol. The first kappa shape index (κ1) is 16.7. The van der Waals surface area contributed by atoms with Crippen LogP contribution in [0.5, 0.6) is 0 Å². The van der Waals surface area contributed by atoms with Crippen LogP contribution in [0.25, 0.3) is 0 Å². The molecule has 0 spiro atoms. The fourth-order valence-corrected chi connectivity index (χ4v) is 4.16. The van der Waals surface area contributed by atoms with Crippen LogP contribution in [-0.2, 0) is 13.8 Å². The highest BCUT2D eigenvalue weighted by atomic mass is 31.2. The van der Waals surface area contributed by atoms with Crippen LogP contribution >= 0.6 is 7.60 Å². The molecule has 0 saturated carbocycles. The summed E-state index contributed by atoms with van der Waals surface area (Å²) in [4.78, 5) is 10.1. The molecule has 0 aromatic carbocycles. The minimum absolute atomic E-state index is 0.159. The van der Waals surface area contributed by atoms with E-state index in [0.717, 1.165) is 12.8 Å². The molecule has 1 rings (SSSR count). The third-order valence-electron chi connectivity index (χ3n) is 3.90. The van der Waals surface area contributed by atoms with Crippen LogP contribution in [0.1, 0.15) is 40.0 Å².